The van der Waals surface area contributed by atoms with E-state index in [-0.39, 0.29) is 31.1 Å². The van der Waals surface area contributed by atoms with Gasteiger partial charge in [-0.2, -0.15) is 0 Å². The Labute approximate surface area is 490 Å². The second-order valence-corrected chi connectivity index (χ2v) is 22.7. The minimum absolute atomic E-state index is 0.0788. The molecule has 0 N–H and O–H groups in total. The maximum absolute atomic E-state index is 12.9. The summed E-state index contributed by atoms with van der Waals surface area (Å²) in [6.07, 6.45) is 88.8. The van der Waals surface area contributed by atoms with Crippen LogP contribution in [0.2, 0.25) is 0 Å². The number of esters is 3. The Balaban J connectivity index is 4.34. The summed E-state index contributed by atoms with van der Waals surface area (Å²) in [5.74, 6) is -0.874. The van der Waals surface area contributed by atoms with E-state index in [1.165, 1.54) is 205 Å². The van der Waals surface area contributed by atoms with Gasteiger partial charge >= 0.3 is 17.9 Å². The van der Waals surface area contributed by atoms with Gasteiger partial charge in [0.05, 0.1) is 0 Å². The van der Waals surface area contributed by atoms with Crippen LogP contribution in [0, 0.1) is 0 Å². The molecule has 0 saturated carbocycles. The second kappa shape index (κ2) is 67.1. The maximum Gasteiger partial charge on any atom is 0.306 e. The van der Waals surface area contributed by atoms with Gasteiger partial charge in [-0.25, -0.2) is 0 Å². The summed E-state index contributed by atoms with van der Waals surface area (Å²) in [5, 5.41) is 0. The van der Waals surface area contributed by atoms with Gasteiger partial charge < -0.3 is 14.2 Å². The number of allylic oxidation sites excluding steroid dienone is 14. The van der Waals surface area contributed by atoms with Gasteiger partial charge in [-0.15, -0.1) is 0 Å². The normalized spacial score (nSPS) is 12.6. The summed E-state index contributed by atoms with van der Waals surface area (Å²) in [6.45, 7) is 6.53. The molecule has 0 aromatic carbocycles. The molecule has 79 heavy (non-hydrogen) atoms. The molecule has 1 atom stereocenters. The van der Waals surface area contributed by atoms with Crippen LogP contribution in [-0.2, 0) is 28.6 Å². The highest BCUT2D eigenvalue weighted by Crippen LogP contribution is 2.17. The summed E-state index contributed by atoms with van der Waals surface area (Å²) < 4.78 is 17.0. The van der Waals surface area contributed by atoms with Crippen LogP contribution in [0.1, 0.15) is 342 Å². The first-order valence-corrected chi connectivity index (χ1v) is 34.1. The highest BCUT2D eigenvalue weighted by Gasteiger charge is 2.19. The van der Waals surface area contributed by atoms with E-state index in [2.05, 4.69) is 106 Å². The van der Waals surface area contributed by atoms with Crippen molar-refractivity contribution in [1.29, 1.82) is 0 Å². The molecule has 0 saturated heterocycles. The molecule has 0 amide bonds. The number of carbonyl (C=O) groups is 3. The summed E-state index contributed by atoms with van der Waals surface area (Å²) in [5.41, 5.74) is 0. The van der Waals surface area contributed by atoms with Gasteiger partial charge in [-0.1, -0.05) is 292 Å². The lowest BCUT2D eigenvalue weighted by Crippen LogP contribution is -2.30. The second-order valence-electron chi connectivity index (χ2n) is 22.7. The van der Waals surface area contributed by atoms with Gasteiger partial charge in [0.1, 0.15) is 13.2 Å². The number of unbranched alkanes of at least 4 members (excludes halogenated alkanes) is 37. The number of hydrogen-bond donors (Lipinski definition) is 0. The van der Waals surface area contributed by atoms with Gasteiger partial charge in [0.15, 0.2) is 6.10 Å². The predicted octanol–water partition coefficient (Wildman–Crippen LogP) is 23.4. The van der Waals surface area contributed by atoms with Gasteiger partial charge in [0.25, 0.3) is 0 Å². The number of ether oxygens (including phenoxy) is 3. The van der Waals surface area contributed by atoms with E-state index >= 15 is 0 Å². The van der Waals surface area contributed by atoms with Gasteiger partial charge in [0.2, 0.25) is 0 Å². The van der Waals surface area contributed by atoms with Crippen molar-refractivity contribution >= 4 is 17.9 Å². The predicted molar refractivity (Wildman–Crippen MR) is 344 cm³/mol. The van der Waals surface area contributed by atoms with Crippen molar-refractivity contribution in [1.82, 2.24) is 0 Å². The van der Waals surface area contributed by atoms with Crippen molar-refractivity contribution in [3.05, 3.63) is 85.1 Å². The van der Waals surface area contributed by atoms with Crippen molar-refractivity contribution in [3.8, 4) is 0 Å². The van der Waals surface area contributed by atoms with Crippen LogP contribution in [0.25, 0.3) is 0 Å². The lowest BCUT2D eigenvalue weighted by Gasteiger charge is -2.18. The van der Waals surface area contributed by atoms with Crippen LogP contribution in [0.4, 0.5) is 0 Å². The summed E-state index contributed by atoms with van der Waals surface area (Å²) in [7, 11) is 0. The Kier molecular flexibility index (Phi) is 64.2. The van der Waals surface area contributed by atoms with E-state index in [4.69, 9.17) is 14.2 Å². The fourth-order valence-electron chi connectivity index (χ4n) is 9.76. The molecule has 0 heterocycles. The summed E-state index contributed by atoms with van der Waals surface area (Å²) >= 11 is 0. The Morgan fingerprint density at radius 3 is 0.810 bits per heavy atom. The Morgan fingerprint density at radius 2 is 0.494 bits per heavy atom. The van der Waals surface area contributed by atoms with E-state index in [1.807, 2.05) is 0 Å². The van der Waals surface area contributed by atoms with Crippen molar-refractivity contribution in [2.24, 2.45) is 0 Å². The zero-order valence-corrected chi connectivity index (χ0v) is 52.4. The molecular weight excluding hydrogens is 973 g/mol. The first-order valence-electron chi connectivity index (χ1n) is 34.1. The molecular formula is C73H128O6. The SMILES string of the molecule is CC/C=C\C/C=C\C/C=C\C/C=C\CCCCCCCCCCCCCCC(=O)OCC(COC(=O)CCCCCCCCC/C=C\C/C=C\CCCCC)OC(=O)CCCCCCCCCCC/C=C\CCCCCCCC. The molecule has 0 aromatic heterocycles. The largest absolute Gasteiger partial charge is 0.462 e. The molecule has 6 heteroatoms. The van der Waals surface area contributed by atoms with Gasteiger partial charge in [-0.3, -0.25) is 14.4 Å². The number of carbonyl (C=O) groups excluding carboxylic acids is 3. The number of rotatable bonds is 62. The summed E-state index contributed by atoms with van der Waals surface area (Å²) in [6, 6.07) is 0. The van der Waals surface area contributed by atoms with Gasteiger partial charge in [-0.05, 0) is 116 Å². The van der Waals surface area contributed by atoms with Crippen LogP contribution < -0.4 is 0 Å². The van der Waals surface area contributed by atoms with E-state index in [0.717, 1.165) is 96.3 Å². The highest BCUT2D eigenvalue weighted by molar-refractivity contribution is 5.71. The Bertz CT molecular complexity index is 1500. The Hall–Kier alpha value is -3.41. The van der Waals surface area contributed by atoms with Crippen LogP contribution in [0.3, 0.4) is 0 Å². The molecule has 456 valence electrons. The molecule has 0 aliphatic rings. The fraction of sp³-hybridized carbons (Fsp3) is 0.767. The average molecular weight is 1100 g/mol. The van der Waals surface area contributed by atoms with E-state index in [9.17, 15) is 14.4 Å². The molecule has 0 rings (SSSR count). The maximum atomic E-state index is 12.9. The molecule has 0 aliphatic carbocycles. The molecule has 0 aromatic rings. The molecule has 6 nitrogen and oxygen atoms in total. The number of hydrogen-bond acceptors (Lipinski definition) is 6. The van der Waals surface area contributed by atoms with Crippen molar-refractivity contribution in [2.75, 3.05) is 13.2 Å². The first kappa shape index (κ1) is 75.6. The quantitative estimate of drug-likeness (QED) is 0.0261. The third-order valence-electron chi connectivity index (χ3n) is 14.9. The third kappa shape index (κ3) is 65.3. The smallest absolute Gasteiger partial charge is 0.306 e. The van der Waals surface area contributed by atoms with Crippen LogP contribution in [-0.4, -0.2) is 37.2 Å². The third-order valence-corrected chi connectivity index (χ3v) is 14.9. The van der Waals surface area contributed by atoms with Crippen molar-refractivity contribution in [2.45, 2.75) is 348 Å². The molecule has 0 bridgehead atoms. The fourth-order valence-corrected chi connectivity index (χ4v) is 9.76. The average Bonchev–Trinajstić information content (AvgIpc) is 3.45. The van der Waals surface area contributed by atoms with Crippen molar-refractivity contribution in [3.63, 3.8) is 0 Å². The topological polar surface area (TPSA) is 78.9 Å². The Morgan fingerprint density at radius 1 is 0.266 bits per heavy atom. The zero-order valence-electron chi connectivity index (χ0n) is 52.4. The monoisotopic (exact) mass is 1100 g/mol. The van der Waals surface area contributed by atoms with E-state index in [0.29, 0.717) is 19.3 Å². The van der Waals surface area contributed by atoms with E-state index < -0.39 is 6.10 Å². The van der Waals surface area contributed by atoms with Crippen LogP contribution >= 0.6 is 0 Å². The highest BCUT2D eigenvalue weighted by atomic mass is 16.6. The standard InChI is InChI=1S/C73H128O6/c1-4-7-10-13-16-19-22-25-28-31-33-34-35-36-37-38-40-42-45-48-51-54-57-60-63-66-72(75)78-69-70(68-77-71(74)65-62-59-56-53-50-47-44-41-30-27-24-21-18-15-12-9-6-3)79-73(76)67-64-61-58-55-52-49-46-43-39-32-29-26-23-20-17-14-11-8-5-2/h7,10,16,18-19,21,25-30,33-34,70H,4-6,8-9,11-15,17,20,22-24,31-32,35-69H2,1-3H3/b10-7-,19-16-,21-18-,28-25-,29-26-,30-27-,34-33-. The minimum Gasteiger partial charge on any atom is -0.462 e. The molecule has 0 fully saturated rings. The lowest BCUT2D eigenvalue weighted by atomic mass is 10.0. The van der Waals surface area contributed by atoms with Crippen LogP contribution in [0.5, 0.6) is 0 Å². The molecule has 0 aliphatic heterocycles. The first-order chi connectivity index (χ1) is 39.0. The molecule has 0 radical (unpaired) electrons. The van der Waals surface area contributed by atoms with Crippen LogP contribution in [0.15, 0.2) is 85.1 Å². The molecule has 1 unspecified atom stereocenters. The van der Waals surface area contributed by atoms with E-state index in [1.54, 1.807) is 0 Å². The summed E-state index contributed by atoms with van der Waals surface area (Å²) in [4.78, 5) is 38.4. The minimum atomic E-state index is -0.783. The zero-order chi connectivity index (χ0) is 57.1. The molecule has 0 spiro atoms. The lowest BCUT2D eigenvalue weighted by molar-refractivity contribution is -0.167. The van der Waals surface area contributed by atoms with Crippen molar-refractivity contribution < 1.29 is 28.6 Å². The van der Waals surface area contributed by atoms with Gasteiger partial charge in [0, 0.05) is 19.3 Å².